The van der Waals surface area contributed by atoms with E-state index >= 15 is 0 Å². The first-order valence-electron chi connectivity index (χ1n) is 11.4. The summed E-state index contributed by atoms with van der Waals surface area (Å²) >= 11 is 7.11. The van der Waals surface area contributed by atoms with Crippen LogP contribution in [-0.2, 0) is 11.3 Å². The van der Waals surface area contributed by atoms with Crippen LogP contribution in [0.5, 0.6) is 11.5 Å². The number of halogens is 1. The zero-order valence-corrected chi connectivity index (χ0v) is 21.1. The number of fused-ring (bicyclic) bond motifs is 1. The molecule has 1 aliphatic heterocycles. The SMILES string of the molecule is COc1ccccc1OCCN1C(=O)S/C(=C\c2cn(Cc3cccc(Cl)c3)c3ccccc23)C1=O. The van der Waals surface area contributed by atoms with Crippen LogP contribution >= 0.6 is 23.4 Å². The number of para-hydroxylation sites is 3. The van der Waals surface area contributed by atoms with Crippen molar-refractivity contribution in [3.05, 3.63) is 100 Å². The van der Waals surface area contributed by atoms with Crippen LogP contribution in [0.25, 0.3) is 17.0 Å². The lowest BCUT2D eigenvalue weighted by Gasteiger charge is -2.14. The Morgan fingerprint density at radius 3 is 2.56 bits per heavy atom. The van der Waals surface area contributed by atoms with E-state index < -0.39 is 0 Å². The fourth-order valence-corrected chi connectivity index (χ4v) is 5.24. The minimum Gasteiger partial charge on any atom is -0.493 e. The van der Waals surface area contributed by atoms with Crippen molar-refractivity contribution >= 4 is 51.5 Å². The smallest absolute Gasteiger partial charge is 0.293 e. The van der Waals surface area contributed by atoms with Crippen molar-refractivity contribution in [2.24, 2.45) is 0 Å². The maximum Gasteiger partial charge on any atom is 0.293 e. The lowest BCUT2D eigenvalue weighted by Crippen LogP contribution is -2.32. The van der Waals surface area contributed by atoms with Gasteiger partial charge in [0.15, 0.2) is 11.5 Å². The molecule has 8 heteroatoms. The predicted octanol–water partition coefficient (Wildman–Crippen LogP) is 6.47. The van der Waals surface area contributed by atoms with Crippen LogP contribution in [0, 0.1) is 0 Å². The number of hydrogen-bond donors (Lipinski definition) is 0. The largest absolute Gasteiger partial charge is 0.493 e. The van der Waals surface area contributed by atoms with Crippen molar-refractivity contribution in [2.75, 3.05) is 20.3 Å². The maximum atomic E-state index is 13.1. The molecule has 6 nitrogen and oxygen atoms in total. The van der Waals surface area contributed by atoms with Gasteiger partial charge in [-0.3, -0.25) is 14.5 Å². The number of hydrogen-bond acceptors (Lipinski definition) is 5. The van der Waals surface area contributed by atoms with E-state index in [1.807, 2.05) is 66.9 Å². The van der Waals surface area contributed by atoms with Crippen LogP contribution in [0.1, 0.15) is 11.1 Å². The van der Waals surface area contributed by atoms with E-state index in [-0.39, 0.29) is 24.3 Å². The van der Waals surface area contributed by atoms with Crippen LogP contribution in [0.2, 0.25) is 5.02 Å². The molecule has 1 fully saturated rings. The quantitative estimate of drug-likeness (QED) is 0.250. The van der Waals surface area contributed by atoms with Crippen LogP contribution < -0.4 is 9.47 Å². The highest BCUT2D eigenvalue weighted by Gasteiger charge is 2.35. The van der Waals surface area contributed by atoms with Crippen molar-refractivity contribution in [2.45, 2.75) is 6.54 Å². The van der Waals surface area contributed by atoms with E-state index in [4.69, 9.17) is 21.1 Å². The summed E-state index contributed by atoms with van der Waals surface area (Å²) < 4.78 is 13.2. The summed E-state index contributed by atoms with van der Waals surface area (Å²) in [6.07, 6.45) is 3.80. The van der Waals surface area contributed by atoms with E-state index in [2.05, 4.69) is 4.57 Å². The molecule has 0 bridgehead atoms. The molecule has 0 spiro atoms. The fraction of sp³-hybridized carbons (Fsp3) is 0.143. The lowest BCUT2D eigenvalue weighted by molar-refractivity contribution is -0.123. The highest BCUT2D eigenvalue weighted by Crippen LogP contribution is 2.34. The molecule has 0 aliphatic carbocycles. The Kier molecular flexibility index (Phi) is 7.02. The monoisotopic (exact) mass is 518 g/mol. The first-order valence-corrected chi connectivity index (χ1v) is 12.6. The van der Waals surface area contributed by atoms with Crippen molar-refractivity contribution in [3.63, 3.8) is 0 Å². The summed E-state index contributed by atoms with van der Waals surface area (Å²) in [6, 6.07) is 23.0. The second-order valence-electron chi connectivity index (χ2n) is 8.19. The van der Waals surface area contributed by atoms with Crippen LogP contribution in [0.15, 0.2) is 83.9 Å². The molecule has 182 valence electrons. The third-order valence-electron chi connectivity index (χ3n) is 5.86. The molecular formula is C28H23ClN2O4S. The van der Waals surface area contributed by atoms with Crippen molar-refractivity contribution in [3.8, 4) is 11.5 Å². The number of ether oxygens (including phenoxy) is 2. The molecule has 2 heterocycles. The zero-order chi connectivity index (χ0) is 25.1. The van der Waals surface area contributed by atoms with Gasteiger partial charge < -0.3 is 14.0 Å². The normalized spacial score (nSPS) is 14.7. The number of carbonyl (C=O) groups excluding carboxylic acids is 2. The van der Waals surface area contributed by atoms with Crippen molar-refractivity contribution in [1.29, 1.82) is 0 Å². The Balaban J connectivity index is 1.34. The second-order valence-corrected chi connectivity index (χ2v) is 9.62. The minimum atomic E-state index is -0.319. The topological polar surface area (TPSA) is 60.8 Å². The summed E-state index contributed by atoms with van der Waals surface area (Å²) in [5.74, 6) is 0.844. The first-order chi connectivity index (χ1) is 17.5. The fourth-order valence-electron chi connectivity index (χ4n) is 4.17. The van der Waals surface area contributed by atoms with E-state index in [1.165, 1.54) is 4.90 Å². The molecule has 1 aliphatic rings. The second kappa shape index (κ2) is 10.5. The summed E-state index contributed by atoms with van der Waals surface area (Å²) in [7, 11) is 1.56. The van der Waals surface area contributed by atoms with Gasteiger partial charge in [0, 0.05) is 34.2 Å². The molecule has 5 rings (SSSR count). The molecule has 3 aromatic carbocycles. The molecule has 1 saturated heterocycles. The molecule has 36 heavy (non-hydrogen) atoms. The maximum absolute atomic E-state index is 13.1. The number of methoxy groups -OCH3 is 1. The standard InChI is InChI=1S/C28H23ClN2O4S/c1-34-24-11-4-5-12-25(24)35-14-13-31-27(32)26(36-28(31)33)16-20-18-30(23-10-3-2-9-22(20)23)17-19-7-6-8-21(29)15-19/h2-12,15-16,18H,13-14,17H2,1H3/b26-16-. The predicted molar refractivity (Wildman–Crippen MR) is 144 cm³/mol. The number of imide groups is 1. The number of thioether (sulfide) groups is 1. The Morgan fingerprint density at radius 2 is 1.75 bits per heavy atom. The van der Waals surface area contributed by atoms with Crippen LogP contribution in [0.4, 0.5) is 4.79 Å². The van der Waals surface area contributed by atoms with E-state index in [9.17, 15) is 9.59 Å². The van der Waals surface area contributed by atoms with Gasteiger partial charge in [-0.1, -0.05) is 54.1 Å². The summed E-state index contributed by atoms with van der Waals surface area (Å²) in [4.78, 5) is 27.3. The van der Waals surface area contributed by atoms with Crippen molar-refractivity contribution < 1.29 is 19.1 Å². The Hall–Kier alpha value is -3.68. The van der Waals surface area contributed by atoms with Gasteiger partial charge in [0.05, 0.1) is 18.6 Å². The van der Waals surface area contributed by atoms with Gasteiger partial charge in [0.2, 0.25) is 0 Å². The number of rotatable bonds is 8. The van der Waals surface area contributed by atoms with Gasteiger partial charge in [0.1, 0.15) is 6.61 Å². The highest BCUT2D eigenvalue weighted by molar-refractivity contribution is 8.18. The van der Waals surface area contributed by atoms with E-state index in [1.54, 1.807) is 25.3 Å². The summed E-state index contributed by atoms with van der Waals surface area (Å²) in [5.41, 5.74) is 2.99. The molecule has 4 aromatic rings. The van der Waals surface area contributed by atoms with Gasteiger partial charge in [-0.05, 0) is 53.7 Å². The van der Waals surface area contributed by atoms with Gasteiger partial charge in [-0.2, -0.15) is 0 Å². The molecule has 0 radical (unpaired) electrons. The molecular weight excluding hydrogens is 496 g/mol. The third kappa shape index (κ3) is 4.98. The Morgan fingerprint density at radius 1 is 0.972 bits per heavy atom. The molecule has 0 unspecified atom stereocenters. The number of benzene rings is 3. The Bertz CT molecular complexity index is 1480. The van der Waals surface area contributed by atoms with Crippen LogP contribution in [-0.4, -0.2) is 40.9 Å². The first kappa shape index (κ1) is 24.0. The van der Waals surface area contributed by atoms with Crippen LogP contribution in [0.3, 0.4) is 0 Å². The highest BCUT2D eigenvalue weighted by atomic mass is 35.5. The average Bonchev–Trinajstić information content (AvgIpc) is 3.36. The number of amides is 2. The van der Waals surface area contributed by atoms with E-state index in [0.29, 0.717) is 28.0 Å². The van der Waals surface area contributed by atoms with Gasteiger partial charge >= 0.3 is 0 Å². The Labute approximate surface area is 218 Å². The van der Waals surface area contributed by atoms with Gasteiger partial charge in [-0.25, -0.2) is 0 Å². The molecule has 1 aromatic heterocycles. The summed E-state index contributed by atoms with van der Waals surface area (Å²) in [5, 5.41) is 1.39. The van der Waals surface area contributed by atoms with Gasteiger partial charge in [0.25, 0.3) is 11.1 Å². The average molecular weight is 519 g/mol. The number of carbonyl (C=O) groups is 2. The molecule has 2 amide bonds. The molecule has 0 N–H and O–H groups in total. The summed E-state index contributed by atoms with van der Waals surface area (Å²) in [6.45, 7) is 0.956. The van der Waals surface area contributed by atoms with E-state index in [0.717, 1.165) is 33.8 Å². The third-order valence-corrected chi connectivity index (χ3v) is 7.01. The molecule has 0 atom stereocenters. The molecule has 0 saturated carbocycles. The van der Waals surface area contributed by atoms with Crippen molar-refractivity contribution in [1.82, 2.24) is 9.47 Å². The zero-order valence-electron chi connectivity index (χ0n) is 19.5. The number of aromatic nitrogens is 1. The van der Waals surface area contributed by atoms with Gasteiger partial charge in [-0.15, -0.1) is 0 Å². The lowest BCUT2D eigenvalue weighted by atomic mass is 10.1. The minimum absolute atomic E-state index is 0.149. The number of nitrogens with zero attached hydrogens (tertiary/aromatic N) is 2.